The molecule has 4 heteroatoms. The molecule has 3 unspecified atom stereocenters. The zero-order valence-electron chi connectivity index (χ0n) is 10.6. The van der Waals surface area contributed by atoms with E-state index in [2.05, 4.69) is 0 Å². The van der Waals surface area contributed by atoms with Gasteiger partial charge in [0.15, 0.2) is 0 Å². The maximum atomic E-state index is 12.4. The highest BCUT2D eigenvalue weighted by molar-refractivity contribution is 5.80. The maximum Gasteiger partial charge on any atom is 0.228 e. The number of likely N-dealkylation sites (tertiary alicyclic amines) is 1. The first kappa shape index (κ1) is 12.8. The van der Waals surface area contributed by atoms with Crippen molar-refractivity contribution in [2.24, 2.45) is 5.92 Å². The molecule has 1 amide bonds. The number of ether oxygens (including phenoxy) is 1. The predicted molar refractivity (Wildman–Crippen MR) is 64.6 cm³/mol. The van der Waals surface area contributed by atoms with Crippen LogP contribution in [0.1, 0.15) is 39.0 Å². The molecule has 2 aliphatic rings. The summed E-state index contributed by atoms with van der Waals surface area (Å²) in [7, 11) is 0. The van der Waals surface area contributed by atoms with Gasteiger partial charge in [0.1, 0.15) is 0 Å². The van der Waals surface area contributed by atoms with E-state index in [-0.39, 0.29) is 24.5 Å². The van der Waals surface area contributed by atoms with Crippen LogP contribution in [-0.4, -0.2) is 47.8 Å². The third kappa shape index (κ3) is 2.80. The smallest absolute Gasteiger partial charge is 0.228 e. The van der Waals surface area contributed by atoms with Crippen LogP contribution in [0.25, 0.3) is 0 Å². The van der Waals surface area contributed by atoms with Gasteiger partial charge in [-0.1, -0.05) is 0 Å². The van der Waals surface area contributed by atoms with E-state index in [4.69, 9.17) is 9.84 Å². The second kappa shape index (κ2) is 5.83. The predicted octanol–water partition coefficient (Wildman–Crippen LogP) is 1.17. The molecule has 0 bridgehead atoms. The molecule has 0 saturated carbocycles. The Morgan fingerprint density at radius 3 is 2.94 bits per heavy atom. The van der Waals surface area contributed by atoms with E-state index in [0.29, 0.717) is 12.6 Å². The minimum absolute atomic E-state index is 0.0599. The number of nitrogens with zero attached hydrogens (tertiary/aromatic N) is 1. The summed E-state index contributed by atoms with van der Waals surface area (Å²) < 4.78 is 5.48. The fourth-order valence-corrected chi connectivity index (χ4v) is 3.02. The molecule has 0 aromatic rings. The van der Waals surface area contributed by atoms with Crippen molar-refractivity contribution in [3.8, 4) is 0 Å². The van der Waals surface area contributed by atoms with Crippen molar-refractivity contribution in [1.29, 1.82) is 0 Å². The minimum atomic E-state index is 0.0599. The first-order valence-corrected chi connectivity index (χ1v) is 6.77. The van der Waals surface area contributed by atoms with E-state index in [1.807, 2.05) is 11.8 Å². The van der Waals surface area contributed by atoms with Gasteiger partial charge in [-0.05, 0) is 39.0 Å². The van der Waals surface area contributed by atoms with Gasteiger partial charge in [0.25, 0.3) is 0 Å². The fourth-order valence-electron chi connectivity index (χ4n) is 3.02. The lowest BCUT2D eigenvalue weighted by molar-refractivity contribution is -0.138. The number of hydrogen-bond acceptors (Lipinski definition) is 3. The lowest BCUT2D eigenvalue weighted by Gasteiger charge is -2.28. The first-order valence-electron chi connectivity index (χ1n) is 6.77. The Bertz CT molecular complexity index is 269. The summed E-state index contributed by atoms with van der Waals surface area (Å²) in [6.07, 6.45) is 4.86. The summed E-state index contributed by atoms with van der Waals surface area (Å²) in [6.45, 7) is 3.82. The van der Waals surface area contributed by atoms with Crippen molar-refractivity contribution in [3.63, 3.8) is 0 Å². The summed E-state index contributed by atoms with van der Waals surface area (Å²) in [5.74, 6) is 0.333. The van der Waals surface area contributed by atoms with Crippen molar-refractivity contribution in [2.75, 3.05) is 19.8 Å². The second-order valence-corrected chi connectivity index (χ2v) is 5.16. The maximum absolute atomic E-state index is 12.4. The molecule has 17 heavy (non-hydrogen) atoms. The van der Waals surface area contributed by atoms with Crippen LogP contribution >= 0.6 is 0 Å². The minimum Gasteiger partial charge on any atom is -0.396 e. The molecular weight excluding hydrogens is 218 g/mol. The molecule has 0 radical (unpaired) electrons. The van der Waals surface area contributed by atoms with Crippen molar-refractivity contribution in [3.05, 3.63) is 0 Å². The van der Waals surface area contributed by atoms with Crippen molar-refractivity contribution in [2.45, 2.75) is 51.2 Å². The molecule has 3 atom stereocenters. The van der Waals surface area contributed by atoms with Crippen LogP contribution in [-0.2, 0) is 9.53 Å². The van der Waals surface area contributed by atoms with Gasteiger partial charge in [-0.25, -0.2) is 0 Å². The second-order valence-electron chi connectivity index (χ2n) is 5.16. The SMILES string of the molecule is CC1OCCC1C(=O)N1CCCC1CCCO. The Labute approximate surface area is 103 Å². The van der Waals surface area contributed by atoms with Crippen LogP contribution in [0.4, 0.5) is 0 Å². The molecule has 4 nitrogen and oxygen atoms in total. The monoisotopic (exact) mass is 241 g/mol. The van der Waals surface area contributed by atoms with E-state index < -0.39 is 0 Å². The standard InChI is InChI=1S/C13H23NO3/c1-10-12(6-9-17-10)13(16)14-7-2-4-11(14)5-3-8-15/h10-12,15H,2-9H2,1H3. The van der Waals surface area contributed by atoms with Crippen molar-refractivity contribution < 1.29 is 14.6 Å². The van der Waals surface area contributed by atoms with Crippen LogP contribution in [0.2, 0.25) is 0 Å². The van der Waals surface area contributed by atoms with Gasteiger partial charge in [-0.15, -0.1) is 0 Å². The molecule has 98 valence electrons. The van der Waals surface area contributed by atoms with Gasteiger partial charge in [-0.2, -0.15) is 0 Å². The number of carbonyl (C=O) groups excluding carboxylic acids is 1. The molecule has 2 rings (SSSR count). The highest BCUT2D eigenvalue weighted by atomic mass is 16.5. The highest BCUT2D eigenvalue weighted by Crippen LogP contribution is 2.28. The van der Waals surface area contributed by atoms with E-state index in [1.54, 1.807) is 0 Å². The third-order valence-electron chi connectivity index (χ3n) is 4.05. The molecular formula is C13H23NO3. The molecule has 0 spiro atoms. The Balaban J connectivity index is 1.93. The number of carbonyl (C=O) groups is 1. The molecule has 2 aliphatic heterocycles. The average Bonchev–Trinajstić information content (AvgIpc) is 2.94. The summed E-state index contributed by atoms with van der Waals surface area (Å²) in [5.41, 5.74) is 0. The van der Waals surface area contributed by atoms with E-state index >= 15 is 0 Å². The van der Waals surface area contributed by atoms with Crippen LogP contribution in [0.15, 0.2) is 0 Å². The van der Waals surface area contributed by atoms with Gasteiger partial charge in [0, 0.05) is 25.8 Å². The lowest BCUT2D eigenvalue weighted by atomic mass is 10.00. The lowest BCUT2D eigenvalue weighted by Crippen LogP contribution is -2.41. The normalized spacial score (nSPS) is 33.3. The Morgan fingerprint density at radius 2 is 2.29 bits per heavy atom. The molecule has 1 N–H and O–H groups in total. The van der Waals surface area contributed by atoms with Crippen molar-refractivity contribution in [1.82, 2.24) is 4.90 Å². The van der Waals surface area contributed by atoms with Crippen LogP contribution in [0.3, 0.4) is 0 Å². The third-order valence-corrected chi connectivity index (χ3v) is 4.05. The Hall–Kier alpha value is -0.610. The molecule has 0 aromatic carbocycles. The summed E-state index contributed by atoms with van der Waals surface area (Å²) in [4.78, 5) is 14.4. The highest BCUT2D eigenvalue weighted by Gasteiger charge is 2.37. The molecule has 0 aliphatic carbocycles. The van der Waals surface area contributed by atoms with Gasteiger partial charge < -0.3 is 14.7 Å². The van der Waals surface area contributed by atoms with E-state index in [0.717, 1.165) is 38.6 Å². The Morgan fingerprint density at radius 1 is 1.47 bits per heavy atom. The van der Waals surface area contributed by atoms with Crippen LogP contribution < -0.4 is 0 Å². The number of aliphatic hydroxyl groups excluding tert-OH is 1. The number of hydrogen-bond donors (Lipinski definition) is 1. The summed E-state index contributed by atoms with van der Waals surface area (Å²) >= 11 is 0. The van der Waals surface area contributed by atoms with E-state index in [9.17, 15) is 4.79 Å². The molecule has 2 heterocycles. The number of aliphatic hydroxyl groups is 1. The van der Waals surface area contributed by atoms with Crippen LogP contribution in [0.5, 0.6) is 0 Å². The average molecular weight is 241 g/mol. The first-order chi connectivity index (χ1) is 8.24. The summed E-state index contributed by atoms with van der Waals surface area (Å²) in [6, 6.07) is 0.349. The molecule has 0 aromatic heterocycles. The molecule has 2 fully saturated rings. The van der Waals surface area contributed by atoms with Gasteiger partial charge in [0.05, 0.1) is 12.0 Å². The van der Waals surface area contributed by atoms with Gasteiger partial charge in [0.2, 0.25) is 5.91 Å². The largest absolute Gasteiger partial charge is 0.396 e. The molecule has 2 saturated heterocycles. The fraction of sp³-hybridized carbons (Fsp3) is 0.923. The number of rotatable bonds is 4. The van der Waals surface area contributed by atoms with Crippen molar-refractivity contribution >= 4 is 5.91 Å². The summed E-state index contributed by atoms with van der Waals surface area (Å²) in [5, 5.41) is 8.88. The Kier molecular flexibility index (Phi) is 4.40. The van der Waals surface area contributed by atoms with Gasteiger partial charge in [-0.3, -0.25) is 4.79 Å². The van der Waals surface area contributed by atoms with Gasteiger partial charge >= 0.3 is 0 Å². The topological polar surface area (TPSA) is 49.8 Å². The zero-order chi connectivity index (χ0) is 12.3. The van der Waals surface area contributed by atoms with E-state index in [1.165, 1.54) is 0 Å². The number of amides is 1. The zero-order valence-corrected chi connectivity index (χ0v) is 10.6. The van der Waals surface area contributed by atoms with Crippen LogP contribution in [0, 0.1) is 5.92 Å². The quantitative estimate of drug-likeness (QED) is 0.804.